The quantitative estimate of drug-likeness (QED) is 0.611. The van der Waals surface area contributed by atoms with Gasteiger partial charge in [0, 0.05) is 13.5 Å². The van der Waals surface area contributed by atoms with Gasteiger partial charge in [0.2, 0.25) is 0 Å². The molecule has 1 aromatic carbocycles. The molecule has 0 amide bonds. The van der Waals surface area contributed by atoms with Crippen molar-refractivity contribution in [2.75, 3.05) is 7.11 Å². The highest BCUT2D eigenvalue weighted by Gasteiger charge is 2.33. The third kappa shape index (κ3) is 4.74. The van der Waals surface area contributed by atoms with Gasteiger partial charge in [0.25, 0.3) is 0 Å². The molecule has 1 aromatic rings. The molecule has 0 bridgehead atoms. The van der Waals surface area contributed by atoms with E-state index in [4.69, 9.17) is 9.47 Å². The minimum Gasteiger partial charge on any atom is -0.465 e. The molecule has 2 heteroatoms. The van der Waals surface area contributed by atoms with Crippen molar-refractivity contribution in [2.24, 2.45) is 11.3 Å². The summed E-state index contributed by atoms with van der Waals surface area (Å²) in [6.07, 6.45) is 8.72. The van der Waals surface area contributed by atoms with E-state index in [1.165, 1.54) is 37.7 Å². The van der Waals surface area contributed by atoms with Gasteiger partial charge in [-0.15, -0.1) is 0 Å². The Morgan fingerprint density at radius 1 is 1.09 bits per heavy atom. The van der Waals surface area contributed by atoms with Crippen molar-refractivity contribution in [2.45, 2.75) is 72.0 Å². The summed E-state index contributed by atoms with van der Waals surface area (Å²) in [7, 11) is 1.75. The van der Waals surface area contributed by atoms with Crippen LogP contribution in [-0.2, 0) is 11.2 Å². The van der Waals surface area contributed by atoms with Gasteiger partial charge in [-0.1, -0.05) is 52.2 Å². The number of hydrogen-bond donors (Lipinski definition) is 0. The van der Waals surface area contributed by atoms with Gasteiger partial charge in [0.1, 0.15) is 5.75 Å². The zero-order valence-electron chi connectivity index (χ0n) is 14.7. The van der Waals surface area contributed by atoms with E-state index in [0.717, 1.165) is 24.5 Å². The van der Waals surface area contributed by atoms with Gasteiger partial charge in [-0.25, -0.2) is 0 Å². The van der Waals surface area contributed by atoms with Gasteiger partial charge in [-0.3, -0.25) is 0 Å². The van der Waals surface area contributed by atoms with Crippen LogP contribution in [0.5, 0.6) is 5.75 Å². The first-order chi connectivity index (χ1) is 10.5. The largest absolute Gasteiger partial charge is 0.465 e. The van der Waals surface area contributed by atoms with Crippen molar-refractivity contribution >= 4 is 0 Å². The normalized spacial score (nSPS) is 18.2. The fourth-order valence-electron chi connectivity index (χ4n) is 3.61. The fraction of sp³-hybridized carbons (Fsp3) is 0.700. The van der Waals surface area contributed by atoms with E-state index in [0.29, 0.717) is 0 Å². The molecular weight excluding hydrogens is 272 g/mol. The average molecular weight is 304 g/mol. The molecular formula is C20H32O2. The van der Waals surface area contributed by atoms with Gasteiger partial charge in [0.15, 0.2) is 6.29 Å². The smallest absolute Gasteiger partial charge is 0.200 e. The minimum absolute atomic E-state index is 0.163. The van der Waals surface area contributed by atoms with Crippen molar-refractivity contribution in [3.05, 3.63) is 29.8 Å². The first kappa shape index (κ1) is 17.3. The lowest BCUT2D eigenvalue weighted by Crippen LogP contribution is -2.33. The molecule has 22 heavy (non-hydrogen) atoms. The molecule has 1 fully saturated rings. The van der Waals surface area contributed by atoms with Gasteiger partial charge < -0.3 is 9.47 Å². The molecule has 0 aromatic heterocycles. The second-order valence-electron chi connectivity index (χ2n) is 7.31. The Morgan fingerprint density at radius 3 is 2.27 bits per heavy atom. The summed E-state index contributed by atoms with van der Waals surface area (Å²) in [6, 6.07) is 8.37. The zero-order valence-corrected chi connectivity index (χ0v) is 14.7. The van der Waals surface area contributed by atoms with Gasteiger partial charge in [-0.2, -0.15) is 0 Å². The Morgan fingerprint density at radius 2 is 1.73 bits per heavy atom. The summed E-state index contributed by atoms with van der Waals surface area (Å²) in [6.45, 7) is 6.91. The number of aryl methyl sites for hydroxylation is 1. The van der Waals surface area contributed by atoms with Crippen LogP contribution in [0, 0.1) is 11.3 Å². The van der Waals surface area contributed by atoms with E-state index in [1.54, 1.807) is 7.11 Å². The first-order valence-corrected chi connectivity index (χ1v) is 8.83. The molecule has 1 saturated carbocycles. The van der Waals surface area contributed by atoms with Crippen LogP contribution in [-0.4, -0.2) is 13.4 Å². The summed E-state index contributed by atoms with van der Waals surface area (Å²) in [5.74, 6) is 1.70. The van der Waals surface area contributed by atoms with E-state index < -0.39 is 0 Å². The third-order valence-corrected chi connectivity index (χ3v) is 5.27. The highest BCUT2D eigenvalue weighted by atomic mass is 16.7. The van der Waals surface area contributed by atoms with Crippen LogP contribution < -0.4 is 4.74 Å². The molecule has 2 nitrogen and oxygen atoms in total. The Bertz CT molecular complexity index is 430. The highest BCUT2D eigenvalue weighted by molar-refractivity contribution is 5.27. The topological polar surface area (TPSA) is 18.5 Å². The van der Waals surface area contributed by atoms with Crippen LogP contribution in [0.15, 0.2) is 24.3 Å². The summed E-state index contributed by atoms with van der Waals surface area (Å²) in [5, 5.41) is 0. The van der Waals surface area contributed by atoms with Crippen molar-refractivity contribution in [3.63, 3.8) is 0 Å². The Kier molecular flexibility index (Phi) is 6.31. The predicted molar refractivity (Wildman–Crippen MR) is 92.2 cm³/mol. The third-order valence-electron chi connectivity index (χ3n) is 5.27. The minimum atomic E-state index is -0.163. The van der Waals surface area contributed by atoms with Crippen LogP contribution in [0.1, 0.15) is 64.9 Å². The van der Waals surface area contributed by atoms with Gasteiger partial charge >= 0.3 is 0 Å². The molecule has 1 aliphatic carbocycles. The van der Waals surface area contributed by atoms with Crippen LogP contribution >= 0.6 is 0 Å². The second-order valence-corrected chi connectivity index (χ2v) is 7.31. The van der Waals surface area contributed by atoms with E-state index >= 15 is 0 Å². The maximum Gasteiger partial charge on any atom is 0.200 e. The van der Waals surface area contributed by atoms with Crippen molar-refractivity contribution < 1.29 is 9.47 Å². The predicted octanol–water partition coefficient (Wildman–Crippen LogP) is 5.60. The average Bonchev–Trinajstić information content (AvgIpc) is 2.55. The summed E-state index contributed by atoms with van der Waals surface area (Å²) in [4.78, 5) is 0. The van der Waals surface area contributed by atoms with Crippen molar-refractivity contribution in [1.29, 1.82) is 0 Å². The molecule has 124 valence electrons. The molecule has 1 aliphatic rings. The summed E-state index contributed by atoms with van der Waals surface area (Å²) in [5.41, 5.74) is 1.61. The maximum absolute atomic E-state index is 6.07. The summed E-state index contributed by atoms with van der Waals surface area (Å²) >= 11 is 0. The second kappa shape index (κ2) is 8.01. The van der Waals surface area contributed by atoms with Crippen molar-refractivity contribution in [3.8, 4) is 5.75 Å². The number of methoxy groups -OCH3 is 1. The zero-order chi connectivity index (χ0) is 16.0. The van der Waals surface area contributed by atoms with Crippen LogP contribution in [0.25, 0.3) is 0 Å². The molecule has 0 saturated heterocycles. The first-order valence-electron chi connectivity index (χ1n) is 8.83. The van der Waals surface area contributed by atoms with E-state index in [1.807, 2.05) is 0 Å². The Labute approximate surface area is 136 Å². The molecule has 2 rings (SSSR count). The van der Waals surface area contributed by atoms with E-state index in [-0.39, 0.29) is 11.7 Å². The monoisotopic (exact) mass is 304 g/mol. The van der Waals surface area contributed by atoms with E-state index in [9.17, 15) is 0 Å². The molecule has 1 unspecified atom stereocenters. The van der Waals surface area contributed by atoms with Gasteiger partial charge in [-0.05, 0) is 48.3 Å². The van der Waals surface area contributed by atoms with Crippen molar-refractivity contribution in [1.82, 2.24) is 0 Å². The van der Waals surface area contributed by atoms with E-state index in [2.05, 4.69) is 45.0 Å². The highest BCUT2D eigenvalue weighted by Crippen LogP contribution is 2.41. The van der Waals surface area contributed by atoms with Crippen LogP contribution in [0.3, 0.4) is 0 Å². The molecule has 0 N–H and O–H groups in total. The fourth-order valence-corrected chi connectivity index (χ4v) is 3.61. The molecule has 0 radical (unpaired) electrons. The van der Waals surface area contributed by atoms with Crippen LogP contribution in [0.4, 0.5) is 0 Å². The SMILES string of the molecule is CCc1ccc(OC(CC(C)(C)C2CCCCC2)OC)cc1. The number of ether oxygens (including phenoxy) is 2. The lowest BCUT2D eigenvalue weighted by atomic mass is 9.69. The lowest BCUT2D eigenvalue weighted by Gasteiger charge is -2.38. The maximum atomic E-state index is 6.07. The van der Waals surface area contributed by atoms with Gasteiger partial charge in [0.05, 0.1) is 0 Å². The lowest BCUT2D eigenvalue weighted by molar-refractivity contribution is -0.0883. The summed E-state index contributed by atoms with van der Waals surface area (Å²) < 4.78 is 11.7. The number of rotatable bonds is 7. The Balaban J connectivity index is 1.95. The molecule has 0 aliphatic heterocycles. The number of hydrogen-bond acceptors (Lipinski definition) is 2. The standard InChI is InChI=1S/C20H32O2/c1-5-16-11-13-18(14-12-16)22-19(21-4)15-20(2,3)17-9-7-6-8-10-17/h11-14,17,19H,5-10,15H2,1-4H3. The Hall–Kier alpha value is -1.02. The molecule has 1 atom stereocenters. The van der Waals surface area contributed by atoms with Crippen LogP contribution in [0.2, 0.25) is 0 Å². The molecule has 0 spiro atoms. The number of benzene rings is 1. The molecule has 0 heterocycles.